The van der Waals surface area contributed by atoms with Crippen molar-refractivity contribution in [1.82, 2.24) is 0 Å². The predicted octanol–water partition coefficient (Wildman–Crippen LogP) is 3.43. The quantitative estimate of drug-likeness (QED) is 0.677. The largest absolute Gasteiger partial charge is 0.487 e. The molecule has 1 aliphatic heterocycles. The highest BCUT2D eigenvalue weighted by Crippen LogP contribution is 2.50. The first-order valence-electron chi connectivity index (χ1n) is 5.80. The van der Waals surface area contributed by atoms with Gasteiger partial charge in [0.05, 0.1) is 5.56 Å². The average Bonchev–Trinajstić information content (AvgIpc) is 2.67. The number of rotatable bonds is 0. The number of halogens is 3. The van der Waals surface area contributed by atoms with Gasteiger partial charge in [0, 0.05) is 17.9 Å². The molecule has 1 nitrogen and oxygen atoms in total. The highest BCUT2D eigenvalue weighted by Gasteiger charge is 2.49. The number of hydrogen-bond acceptors (Lipinski definition) is 1. The fourth-order valence-corrected chi connectivity index (χ4v) is 2.80. The third-order valence-electron chi connectivity index (χ3n) is 3.68. The molecule has 0 aromatic heterocycles. The van der Waals surface area contributed by atoms with Crippen molar-refractivity contribution < 1.29 is 17.9 Å². The zero-order chi connectivity index (χ0) is 12.4. The zero-order valence-corrected chi connectivity index (χ0v) is 9.69. The smallest absolute Gasteiger partial charge is 0.279 e. The van der Waals surface area contributed by atoms with Crippen molar-refractivity contribution >= 4 is 0 Å². The van der Waals surface area contributed by atoms with Crippen LogP contribution in [0.5, 0.6) is 5.75 Å². The molecule has 17 heavy (non-hydrogen) atoms. The van der Waals surface area contributed by atoms with Crippen molar-refractivity contribution in [3.63, 3.8) is 0 Å². The van der Waals surface area contributed by atoms with E-state index < -0.39 is 23.2 Å². The van der Waals surface area contributed by atoms with E-state index in [1.807, 2.05) is 6.92 Å². The molecule has 0 N–H and O–H groups in total. The fraction of sp³-hybridized carbons (Fsp3) is 0.538. The van der Waals surface area contributed by atoms with Gasteiger partial charge in [-0.15, -0.1) is 0 Å². The number of alkyl halides is 2. The zero-order valence-electron chi connectivity index (χ0n) is 9.69. The summed E-state index contributed by atoms with van der Waals surface area (Å²) >= 11 is 0. The van der Waals surface area contributed by atoms with Crippen LogP contribution in [0, 0.1) is 11.7 Å². The Morgan fingerprint density at radius 2 is 1.94 bits per heavy atom. The molecular formula is C13H13F3O. The van der Waals surface area contributed by atoms with Gasteiger partial charge in [0.2, 0.25) is 0 Å². The Morgan fingerprint density at radius 3 is 2.65 bits per heavy atom. The number of ether oxygens (including phenoxy) is 1. The van der Waals surface area contributed by atoms with Crippen molar-refractivity contribution in [3.05, 3.63) is 28.6 Å². The van der Waals surface area contributed by atoms with E-state index in [1.165, 1.54) is 6.92 Å². The van der Waals surface area contributed by atoms with E-state index in [2.05, 4.69) is 0 Å². The molecule has 92 valence electrons. The van der Waals surface area contributed by atoms with Gasteiger partial charge in [0.15, 0.2) is 11.6 Å². The summed E-state index contributed by atoms with van der Waals surface area (Å²) in [7, 11) is 0. The lowest BCUT2D eigenvalue weighted by atomic mass is 10.0. The van der Waals surface area contributed by atoms with Crippen LogP contribution in [0.15, 0.2) is 6.07 Å². The molecule has 0 saturated carbocycles. The Morgan fingerprint density at radius 1 is 1.24 bits per heavy atom. The molecule has 4 heteroatoms. The Kier molecular flexibility index (Phi) is 2.04. The monoisotopic (exact) mass is 242 g/mol. The SMILES string of the molecule is CC1Cc2cc3c(c(F)c2O1)C(F)(F)C(C)C3. The van der Waals surface area contributed by atoms with Gasteiger partial charge in [-0.1, -0.05) is 13.0 Å². The van der Waals surface area contributed by atoms with Crippen LogP contribution in [0.3, 0.4) is 0 Å². The summed E-state index contributed by atoms with van der Waals surface area (Å²) in [5.74, 6) is -4.74. The van der Waals surface area contributed by atoms with Crippen LogP contribution in [0.2, 0.25) is 0 Å². The summed E-state index contributed by atoms with van der Waals surface area (Å²) in [6.45, 7) is 3.26. The molecule has 2 unspecified atom stereocenters. The highest BCUT2D eigenvalue weighted by atomic mass is 19.3. The molecule has 0 radical (unpaired) electrons. The Labute approximate surface area is 97.6 Å². The topological polar surface area (TPSA) is 9.23 Å². The van der Waals surface area contributed by atoms with Gasteiger partial charge in [-0.2, -0.15) is 0 Å². The molecule has 0 amide bonds. The summed E-state index contributed by atoms with van der Waals surface area (Å²) in [4.78, 5) is 0. The van der Waals surface area contributed by atoms with Gasteiger partial charge >= 0.3 is 0 Å². The Hall–Kier alpha value is -1.19. The maximum absolute atomic E-state index is 14.1. The van der Waals surface area contributed by atoms with Crippen LogP contribution in [0.4, 0.5) is 13.2 Å². The summed E-state index contributed by atoms with van der Waals surface area (Å²) < 4.78 is 47.1. The van der Waals surface area contributed by atoms with E-state index >= 15 is 0 Å². The van der Waals surface area contributed by atoms with Crippen LogP contribution in [-0.4, -0.2) is 6.10 Å². The third kappa shape index (κ3) is 1.33. The summed E-state index contributed by atoms with van der Waals surface area (Å²) in [5, 5.41) is 0. The van der Waals surface area contributed by atoms with E-state index in [-0.39, 0.29) is 18.3 Å². The third-order valence-corrected chi connectivity index (χ3v) is 3.68. The molecule has 0 bridgehead atoms. The molecule has 0 fully saturated rings. The van der Waals surface area contributed by atoms with Crippen molar-refractivity contribution in [1.29, 1.82) is 0 Å². The molecule has 1 aliphatic carbocycles. The number of benzene rings is 1. The summed E-state index contributed by atoms with van der Waals surface area (Å²) in [6.07, 6.45) is 0.702. The second-order valence-corrected chi connectivity index (χ2v) is 5.07. The van der Waals surface area contributed by atoms with Crippen molar-refractivity contribution in [2.75, 3.05) is 0 Å². The van der Waals surface area contributed by atoms with Gasteiger partial charge in [0.25, 0.3) is 5.92 Å². The summed E-state index contributed by atoms with van der Waals surface area (Å²) in [5.41, 5.74) is 0.716. The van der Waals surface area contributed by atoms with Crippen LogP contribution in [0.1, 0.15) is 30.5 Å². The van der Waals surface area contributed by atoms with E-state index in [1.54, 1.807) is 6.07 Å². The van der Waals surface area contributed by atoms with Gasteiger partial charge in [-0.25, -0.2) is 13.2 Å². The van der Waals surface area contributed by atoms with Gasteiger partial charge in [-0.05, 0) is 18.9 Å². The summed E-state index contributed by atoms with van der Waals surface area (Å²) in [6, 6.07) is 1.69. The van der Waals surface area contributed by atoms with Crippen LogP contribution >= 0.6 is 0 Å². The van der Waals surface area contributed by atoms with Gasteiger partial charge < -0.3 is 4.74 Å². The van der Waals surface area contributed by atoms with E-state index in [4.69, 9.17) is 4.74 Å². The molecule has 2 atom stereocenters. The first-order chi connectivity index (χ1) is 7.91. The van der Waals surface area contributed by atoms with Crippen LogP contribution in [0.25, 0.3) is 0 Å². The Bertz CT molecular complexity index is 496. The molecule has 1 aromatic carbocycles. The maximum Gasteiger partial charge on any atom is 0.279 e. The van der Waals surface area contributed by atoms with Crippen LogP contribution in [-0.2, 0) is 18.8 Å². The molecule has 2 aliphatic rings. The normalized spacial score (nSPS) is 28.8. The molecular weight excluding hydrogens is 229 g/mol. The number of fused-ring (bicyclic) bond motifs is 2. The van der Waals surface area contributed by atoms with E-state index in [9.17, 15) is 13.2 Å². The highest BCUT2D eigenvalue weighted by molar-refractivity contribution is 5.50. The maximum atomic E-state index is 14.1. The molecule has 3 rings (SSSR count). The molecule has 1 heterocycles. The fourth-order valence-electron chi connectivity index (χ4n) is 2.80. The number of hydrogen-bond donors (Lipinski definition) is 0. The van der Waals surface area contributed by atoms with E-state index in [0.717, 1.165) is 5.56 Å². The van der Waals surface area contributed by atoms with Crippen molar-refractivity contribution in [2.45, 2.75) is 38.7 Å². The second kappa shape index (κ2) is 3.18. The lowest BCUT2D eigenvalue weighted by molar-refractivity contribution is -0.0480. The molecule has 0 saturated heterocycles. The first-order valence-corrected chi connectivity index (χ1v) is 5.80. The first kappa shape index (κ1) is 10.9. The minimum absolute atomic E-state index is 0.0324. The van der Waals surface area contributed by atoms with Crippen molar-refractivity contribution in [2.24, 2.45) is 5.92 Å². The minimum atomic E-state index is -3.08. The van der Waals surface area contributed by atoms with Crippen molar-refractivity contribution in [3.8, 4) is 5.75 Å². The lowest BCUT2D eigenvalue weighted by Crippen LogP contribution is -2.19. The molecule has 1 aromatic rings. The standard InChI is InChI=1S/C13H13F3O/c1-6-3-8-5-9-4-7(2)17-12(9)11(14)10(8)13(6,15)16/h5-7H,3-4H2,1-2H3. The molecule has 0 spiro atoms. The predicted molar refractivity (Wildman–Crippen MR) is 57.0 cm³/mol. The Balaban J connectivity index is 2.22. The second-order valence-electron chi connectivity index (χ2n) is 5.07. The van der Waals surface area contributed by atoms with Gasteiger partial charge in [-0.3, -0.25) is 0 Å². The van der Waals surface area contributed by atoms with E-state index in [0.29, 0.717) is 12.0 Å². The average molecular weight is 242 g/mol. The van der Waals surface area contributed by atoms with Crippen LogP contribution < -0.4 is 4.74 Å². The lowest BCUT2D eigenvalue weighted by Gasteiger charge is -2.17. The minimum Gasteiger partial charge on any atom is -0.487 e. The van der Waals surface area contributed by atoms with Gasteiger partial charge in [0.1, 0.15) is 6.10 Å².